The molecule has 0 aliphatic heterocycles. The Bertz CT molecular complexity index is 613. The first-order chi connectivity index (χ1) is 9.06. The van der Waals surface area contributed by atoms with Crippen molar-refractivity contribution in [3.8, 4) is 5.75 Å². The number of carboxylic acids is 1. The lowest BCUT2D eigenvalue weighted by Gasteiger charge is -2.08. The molecule has 0 fully saturated rings. The van der Waals surface area contributed by atoms with E-state index in [-0.39, 0.29) is 18.1 Å². The van der Waals surface area contributed by atoms with Crippen molar-refractivity contribution < 1.29 is 19.0 Å². The molecule has 0 bridgehead atoms. The number of aromatic nitrogens is 1. The summed E-state index contributed by atoms with van der Waals surface area (Å²) in [6, 6.07) is 9.13. The summed E-state index contributed by atoms with van der Waals surface area (Å²) in [4.78, 5) is 14.7. The van der Waals surface area contributed by atoms with E-state index in [1.54, 1.807) is 24.3 Å². The summed E-state index contributed by atoms with van der Waals surface area (Å²) in [5, 5.41) is 8.81. The molecule has 5 heteroatoms. The molecule has 0 radical (unpaired) electrons. The van der Waals surface area contributed by atoms with Crippen molar-refractivity contribution in [3.05, 3.63) is 59.2 Å². The molecule has 4 nitrogen and oxygen atoms in total. The maximum absolute atomic E-state index is 13.4. The van der Waals surface area contributed by atoms with Gasteiger partial charge in [0.1, 0.15) is 12.3 Å². The number of nitrogens with zero attached hydrogens (tertiary/aromatic N) is 1. The largest absolute Gasteiger partial charge is 0.484 e. The van der Waals surface area contributed by atoms with Gasteiger partial charge in [0, 0.05) is 0 Å². The lowest BCUT2D eigenvalue weighted by Crippen LogP contribution is -2.05. The zero-order valence-electron chi connectivity index (χ0n) is 10.3. The van der Waals surface area contributed by atoms with E-state index in [1.165, 1.54) is 12.1 Å². The predicted molar refractivity (Wildman–Crippen MR) is 66.7 cm³/mol. The third kappa shape index (κ3) is 3.28. The number of aromatic carboxylic acids is 1. The normalized spacial score (nSPS) is 10.2. The van der Waals surface area contributed by atoms with Crippen molar-refractivity contribution in [3.63, 3.8) is 0 Å². The van der Waals surface area contributed by atoms with Gasteiger partial charge in [-0.2, -0.15) is 0 Å². The average molecular weight is 261 g/mol. The molecule has 2 rings (SSSR count). The molecule has 0 saturated heterocycles. The Balaban J connectivity index is 2.12. The van der Waals surface area contributed by atoms with E-state index in [9.17, 15) is 9.18 Å². The standard InChI is InChI=1S/C14H12FNO3/c1-9-5-6-11(15)13(7-9)19-8-10-3-2-4-12(16-10)14(17)18/h2-7H,8H2,1H3,(H,17,18). The molecule has 0 amide bonds. The monoisotopic (exact) mass is 261 g/mol. The summed E-state index contributed by atoms with van der Waals surface area (Å²) in [6.45, 7) is 1.84. The number of pyridine rings is 1. The number of carboxylic acid groups (broad SMARTS) is 1. The van der Waals surface area contributed by atoms with Crippen LogP contribution < -0.4 is 4.74 Å². The van der Waals surface area contributed by atoms with E-state index in [0.29, 0.717) is 5.69 Å². The van der Waals surface area contributed by atoms with Crippen LogP contribution in [0.1, 0.15) is 21.7 Å². The zero-order chi connectivity index (χ0) is 13.8. The minimum Gasteiger partial charge on any atom is -0.484 e. The van der Waals surface area contributed by atoms with Crippen molar-refractivity contribution in [2.75, 3.05) is 0 Å². The van der Waals surface area contributed by atoms with Crippen molar-refractivity contribution in [1.82, 2.24) is 4.98 Å². The van der Waals surface area contributed by atoms with Crippen molar-refractivity contribution in [2.24, 2.45) is 0 Å². The summed E-state index contributed by atoms with van der Waals surface area (Å²) in [5.74, 6) is -1.44. The van der Waals surface area contributed by atoms with Crippen LogP contribution in [0.5, 0.6) is 5.75 Å². The first-order valence-electron chi connectivity index (χ1n) is 5.64. The Morgan fingerprint density at radius 2 is 2.16 bits per heavy atom. The van der Waals surface area contributed by atoms with Gasteiger partial charge in [0.15, 0.2) is 11.6 Å². The van der Waals surface area contributed by atoms with Crippen molar-refractivity contribution in [2.45, 2.75) is 13.5 Å². The van der Waals surface area contributed by atoms with Gasteiger partial charge in [-0.15, -0.1) is 0 Å². The van der Waals surface area contributed by atoms with Crippen LogP contribution in [0.3, 0.4) is 0 Å². The molecule has 1 heterocycles. The van der Waals surface area contributed by atoms with Crippen LogP contribution in [0.4, 0.5) is 4.39 Å². The minimum absolute atomic E-state index is 0.0154. The van der Waals surface area contributed by atoms with Gasteiger partial charge < -0.3 is 9.84 Å². The fourth-order valence-electron chi connectivity index (χ4n) is 1.55. The second kappa shape index (κ2) is 5.48. The van der Waals surface area contributed by atoms with Crippen LogP contribution >= 0.6 is 0 Å². The highest BCUT2D eigenvalue weighted by Gasteiger charge is 2.07. The highest BCUT2D eigenvalue weighted by atomic mass is 19.1. The molecule has 19 heavy (non-hydrogen) atoms. The maximum Gasteiger partial charge on any atom is 0.354 e. The minimum atomic E-state index is -1.11. The summed E-state index contributed by atoms with van der Waals surface area (Å²) in [7, 11) is 0. The smallest absolute Gasteiger partial charge is 0.354 e. The number of aryl methyl sites for hydroxylation is 1. The molecule has 98 valence electrons. The summed E-state index contributed by atoms with van der Waals surface area (Å²) < 4.78 is 18.7. The first kappa shape index (κ1) is 13.0. The average Bonchev–Trinajstić information content (AvgIpc) is 2.40. The molecule has 1 aromatic carbocycles. The number of hydrogen-bond donors (Lipinski definition) is 1. The van der Waals surface area contributed by atoms with Crippen LogP contribution in [0.25, 0.3) is 0 Å². The van der Waals surface area contributed by atoms with Crippen LogP contribution in [0.2, 0.25) is 0 Å². The molecule has 1 N–H and O–H groups in total. The van der Waals surface area contributed by atoms with Crippen LogP contribution in [-0.4, -0.2) is 16.1 Å². The third-order valence-corrected chi connectivity index (χ3v) is 2.49. The topological polar surface area (TPSA) is 59.4 Å². The van der Waals surface area contributed by atoms with Gasteiger partial charge in [0.25, 0.3) is 0 Å². The fraction of sp³-hybridized carbons (Fsp3) is 0.143. The molecule has 0 unspecified atom stereocenters. The molecule has 0 saturated carbocycles. The Labute approximate surface area is 109 Å². The molecule has 0 spiro atoms. The van der Waals surface area contributed by atoms with Gasteiger partial charge in [-0.25, -0.2) is 14.2 Å². The SMILES string of the molecule is Cc1ccc(F)c(OCc2cccc(C(=O)O)n2)c1. The van der Waals surface area contributed by atoms with E-state index < -0.39 is 11.8 Å². The molecule has 0 aliphatic carbocycles. The van der Waals surface area contributed by atoms with Gasteiger partial charge in [-0.05, 0) is 36.8 Å². The highest BCUT2D eigenvalue weighted by molar-refractivity contribution is 5.85. The molecule has 2 aromatic rings. The highest BCUT2D eigenvalue weighted by Crippen LogP contribution is 2.19. The van der Waals surface area contributed by atoms with E-state index in [4.69, 9.17) is 9.84 Å². The van der Waals surface area contributed by atoms with Gasteiger partial charge >= 0.3 is 5.97 Å². The fourth-order valence-corrected chi connectivity index (χ4v) is 1.55. The number of ether oxygens (including phenoxy) is 1. The second-order valence-corrected chi connectivity index (χ2v) is 4.04. The zero-order valence-corrected chi connectivity index (χ0v) is 10.3. The summed E-state index contributed by atoms with van der Waals surface area (Å²) in [5.41, 5.74) is 1.25. The molecular weight excluding hydrogens is 249 g/mol. The van der Waals surface area contributed by atoms with Gasteiger partial charge in [0.2, 0.25) is 0 Å². The van der Waals surface area contributed by atoms with E-state index in [1.807, 2.05) is 6.92 Å². The molecular formula is C14H12FNO3. The maximum atomic E-state index is 13.4. The second-order valence-electron chi connectivity index (χ2n) is 4.04. The van der Waals surface area contributed by atoms with E-state index in [0.717, 1.165) is 5.56 Å². The molecule has 1 aromatic heterocycles. The Hall–Kier alpha value is -2.43. The third-order valence-electron chi connectivity index (χ3n) is 2.49. The number of hydrogen-bond acceptors (Lipinski definition) is 3. The molecule has 0 aliphatic rings. The van der Waals surface area contributed by atoms with E-state index in [2.05, 4.69) is 4.98 Å². The number of carbonyl (C=O) groups is 1. The Kier molecular flexibility index (Phi) is 3.75. The lowest BCUT2D eigenvalue weighted by atomic mass is 10.2. The van der Waals surface area contributed by atoms with E-state index >= 15 is 0 Å². The predicted octanol–water partition coefficient (Wildman–Crippen LogP) is 2.81. The van der Waals surface area contributed by atoms with Crippen LogP contribution in [0, 0.1) is 12.7 Å². The Morgan fingerprint density at radius 1 is 1.37 bits per heavy atom. The summed E-state index contributed by atoms with van der Waals surface area (Å²) in [6.07, 6.45) is 0. The first-order valence-corrected chi connectivity index (χ1v) is 5.64. The van der Waals surface area contributed by atoms with Gasteiger partial charge in [-0.3, -0.25) is 0 Å². The van der Waals surface area contributed by atoms with Crippen LogP contribution in [-0.2, 0) is 6.61 Å². The van der Waals surface area contributed by atoms with Gasteiger partial charge in [-0.1, -0.05) is 12.1 Å². The van der Waals surface area contributed by atoms with Crippen molar-refractivity contribution >= 4 is 5.97 Å². The lowest BCUT2D eigenvalue weighted by molar-refractivity contribution is 0.0690. The summed E-state index contributed by atoms with van der Waals surface area (Å²) >= 11 is 0. The Morgan fingerprint density at radius 3 is 2.89 bits per heavy atom. The van der Waals surface area contributed by atoms with Crippen molar-refractivity contribution in [1.29, 1.82) is 0 Å². The number of rotatable bonds is 4. The number of halogens is 1. The van der Waals surface area contributed by atoms with Crippen LogP contribution in [0.15, 0.2) is 36.4 Å². The molecule has 0 atom stereocenters. The quantitative estimate of drug-likeness (QED) is 0.919. The number of benzene rings is 1. The van der Waals surface area contributed by atoms with Gasteiger partial charge in [0.05, 0.1) is 5.69 Å².